The number of aromatic nitrogens is 2. The van der Waals surface area contributed by atoms with Gasteiger partial charge in [0.05, 0.1) is 27.0 Å². The summed E-state index contributed by atoms with van der Waals surface area (Å²) in [5, 5.41) is 4.84. The Morgan fingerprint density at radius 3 is 2.47 bits per heavy atom. The summed E-state index contributed by atoms with van der Waals surface area (Å²) in [6, 6.07) is 31.6. The van der Waals surface area contributed by atoms with Crippen LogP contribution < -0.4 is 5.32 Å². The van der Waals surface area contributed by atoms with Gasteiger partial charge in [0.15, 0.2) is 0 Å². The Hall–Kier alpha value is -3.87. The lowest BCUT2D eigenvalue weighted by atomic mass is 10.0. The molecule has 174 valence electrons. The molecule has 0 bridgehead atoms. The monoisotopic (exact) mass is 549 g/mol. The zero-order valence-corrected chi connectivity index (χ0v) is 21.7. The van der Waals surface area contributed by atoms with Gasteiger partial charge in [-0.25, -0.2) is 9.97 Å². The highest BCUT2D eigenvalue weighted by molar-refractivity contribution is 9.10. The summed E-state index contributed by atoms with van der Waals surface area (Å²) in [5.74, 6) is -0.173. The molecule has 0 unspecified atom stereocenters. The Labute approximate surface area is 220 Å². The van der Waals surface area contributed by atoms with E-state index in [4.69, 9.17) is 9.97 Å². The largest absolute Gasteiger partial charge is 0.322 e. The molecule has 0 saturated heterocycles. The van der Waals surface area contributed by atoms with Gasteiger partial charge in [0, 0.05) is 26.7 Å². The van der Waals surface area contributed by atoms with Crippen molar-refractivity contribution in [2.75, 3.05) is 5.32 Å². The first kappa shape index (κ1) is 22.6. The van der Waals surface area contributed by atoms with Gasteiger partial charge in [-0.05, 0) is 73.2 Å². The fourth-order valence-corrected chi connectivity index (χ4v) is 5.68. The number of pyridine rings is 1. The van der Waals surface area contributed by atoms with Crippen LogP contribution >= 0.6 is 27.3 Å². The van der Waals surface area contributed by atoms with Crippen LogP contribution in [-0.4, -0.2) is 15.9 Å². The summed E-state index contributed by atoms with van der Waals surface area (Å²) in [4.78, 5) is 23.0. The first-order chi connectivity index (χ1) is 17.5. The molecule has 0 aliphatic carbocycles. The predicted molar refractivity (Wildman–Crippen MR) is 153 cm³/mol. The molecule has 6 aromatic rings. The van der Waals surface area contributed by atoms with Crippen LogP contribution in [0.2, 0.25) is 0 Å². The van der Waals surface area contributed by atoms with Gasteiger partial charge in [0.25, 0.3) is 5.91 Å². The summed E-state index contributed by atoms with van der Waals surface area (Å²) in [6.07, 6.45) is 0. The maximum Gasteiger partial charge on any atom is 0.256 e. The number of para-hydroxylation sites is 1. The number of anilines is 1. The number of carbonyl (C=O) groups is 1. The van der Waals surface area contributed by atoms with E-state index in [1.165, 1.54) is 10.3 Å². The summed E-state index contributed by atoms with van der Waals surface area (Å²) < 4.78 is 2.14. The summed E-state index contributed by atoms with van der Waals surface area (Å²) in [5.41, 5.74) is 7.04. The number of amides is 1. The number of rotatable bonds is 4. The van der Waals surface area contributed by atoms with E-state index in [2.05, 4.69) is 46.4 Å². The molecule has 0 spiro atoms. The zero-order valence-electron chi connectivity index (χ0n) is 19.3. The van der Waals surface area contributed by atoms with Crippen LogP contribution in [0, 0.1) is 6.92 Å². The molecule has 0 saturated carbocycles. The van der Waals surface area contributed by atoms with Crippen molar-refractivity contribution in [2.45, 2.75) is 6.92 Å². The molecular weight excluding hydrogens is 530 g/mol. The molecule has 6 heteroatoms. The number of carbonyl (C=O) groups excluding carboxylic acids is 1. The van der Waals surface area contributed by atoms with Crippen molar-refractivity contribution in [3.63, 3.8) is 0 Å². The number of halogens is 1. The molecule has 4 aromatic carbocycles. The van der Waals surface area contributed by atoms with Gasteiger partial charge in [-0.2, -0.15) is 0 Å². The minimum absolute atomic E-state index is 0.173. The van der Waals surface area contributed by atoms with Gasteiger partial charge in [0.2, 0.25) is 0 Å². The van der Waals surface area contributed by atoms with Crippen LogP contribution in [0.15, 0.2) is 102 Å². The highest BCUT2D eigenvalue weighted by Gasteiger charge is 2.15. The van der Waals surface area contributed by atoms with Crippen LogP contribution in [0.4, 0.5) is 5.69 Å². The van der Waals surface area contributed by atoms with Crippen LogP contribution in [0.5, 0.6) is 0 Å². The lowest BCUT2D eigenvalue weighted by Gasteiger charge is -2.11. The van der Waals surface area contributed by atoms with Gasteiger partial charge in [-0.1, -0.05) is 52.3 Å². The van der Waals surface area contributed by atoms with E-state index in [0.29, 0.717) is 5.56 Å². The van der Waals surface area contributed by atoms with Crippen molar-refractivity contribution in [1.82, 2.24) is 9.97 Å². The number of hydrogen-bond acceptors (Lipinski definition) is 4. The Balaban J connectivity index is 1.31. The molecule has 0 radical (unpaired) electrons. The number of nitrogens with one attached hydrogen (secondary N) is 1. The number of fused-ring (bicyclic) bond motifs is 2. The second-order valence-electron chi connectivity index (χ2n) is 8.60. The first-order valence-electron chi connectivity index (χ1n) is 11.5. The van der Waals surface area contributed by atoms with Gasteiger partial charge in [0.1, 0.15) is 5.01 Å². The Kier molecular flexibility index (Phi) is 5.83. The predicted octanol–water partition coefficient (Wildman–Crippen LogP) is 8.50. The maximum absolute atomic E-state index is 13.4. The molecule has 2 aromatic heterocycles. The molecule has 1 amide bonds. The van der Waals surface area contributed by atoms with E-state index < -0.39 is 0 Å². The second-order valence-corrected chi connectivity index (χ2v) is 10.6. The molecule has 6 rings (SSSR count). The molecule has 0 aliphatic rings. The third kappa shape index (κ3) is 4.41. The van der Waals surface area contributed by atoms with Gasteiger partial charge in [-0.3, -0.25) is 4.79 Å². The van der Waals surface area contributed by atoms with Crippen LogP contribution in [0.1, 0.15) is 15.9 Å². The highest BCUT2D eigenvalue weighted by Crippen LogP contribution is 2.32. The second kappa shape index (κ2) is 9.30. The van der Waals surface area contributed by atoms with E-state index in [-0.39, 0.29) is 5.91 Å². The standard InChI is InChI=1S/C30H20BrN3OS/c1-18-9-14-26-28(15-18)36-30(34-26)19-10-12-22(13-11-19)32-29(35)24-17-27(20-5-4-6-21(31)16-20)33-25-8-3-2-7-23(24)25/h2-17H,1H3,(H,32,35). The normalized spacial score (nSPS) is 11.2. The third-order valence-corrected chi connectivity index (χ3v) is 7.58. The number of benzene rings is 4. The average Bonchev–Trinajstić information content (AvgIpc) is 3.31. The summed E-state index contributed by atoms with van der Waals surface area (Å²) in [7, 11) is 0. The van der Waals surface area contributed by atoms with E-state index in [1.54, 1.807) is 11.3 Å². The van der Waals surface area contributed by atoms with Crippen molar-refractivity contribution in [3.05, 3.63) is 113 Å². The molecule has 0 fully saturated rings. The fourth-order valence-electron chi connectivity index (χ4n) is 4.21. The molecule has 0 atom stereocenters. The minimum Gasteiger partial charge on any atom is -0.322 e. The van der Waals surface area contributed by atoms with Gasteiger partial charge >= 0.3 is 0 Å². The Morgan fingerprint density at radius 2 is 1.64 bits per heavy atom. The van der Waals surface area contributed by atoms with Crippen LogP contribution in [0.25, 0.3) is 42.9 Å². The molecule has 4 nitrogen and oxygen atoms in total. The van der Waals surface area contributed by atoms with Crippen molar-refractivity contribution in [2.24, 2.45) is 0 Å². The smallest absolute Gasteiger partial charge is 0.256 e. The Morgan fingerprint density at radius 1 is 0.806 bits per heavy atom. The first-order valence-corrected chi connectivity index (χ1v) is 13.1. The number of hydrogen-bond donors (Lipinski definition) is 1. The van der Waals surface area contributed by atoms with Crippen LogP contribution in [0.3, 0.4) is 0 Å². The van der Waals surface area contributed by atoms with E-state index >= 15 is 0 Å². The maximum atomic E-state index is 13.4. The summed E-state index contributed by atoms with van der Waals surface area (Å²) in [6.45, 7) is 2.09. The van der Waals surface area contributed by atoms with Crippen molar-refractivity contribution < 1.29 is 4.79 Å². The number of thiazole rings is 1. The van der Waals surface area contributed by atoms with Crippen molar-refractivity contribution in [1.29, 1.82) is 0 Å². The molecule has 36 heavy (non-hydrogen) atoms. The summed E-state index contributed by atoms with van der Waals surface area (Å²) >= 11 is 5.20. The topological polar surface area (TPSA) is 54.9 Å². The number of nitrogens with zero attached hydrogens (tertiary/aromatic N) is 2. The molecular formula is C30H20BrN3OS. The molecule has 1 N–H and O–H groups in total. The molecule has 2 heterocycles. The Bertz CT molecular complexity index is 1760. The van der Waals surface area contributed by atoms with Gasteiger partial charge in [-0.15, -0.1) is 11.3 Å². The van der Waals surface area contributed by atoms with E-state index in [1.807, 2.05) is 78.9 Å². The lowest BCUT2D eigenvalue weighted by Crippen LogP contribution is -2.13. The third-order valence-electron chi connectivity index (χ3n) is 6.01. The van der Waals surface area contributed by atoms with Gasteiger partial charge < -0.3 is 5.32 Å². The number of aryl methyl sites for hydroxylation is 1. The van der Waals surface area contributed by atoms with E-state index in [0.717, 1.165) is 48.4 Å². The van der Waals surface area contributed by atoms with Crippen molar-refractivity contribution >= 4 is 60.0 Å². The lowest BCUT2D eigenvalue weighted by molar-refractivity contribution is 0.102. The van der Waals surface area contributed by atoms with E-state index in [9.17, 15) is 4.79 Å². The fraction of sp³-hybridized carbons (Fsp3) is 0.0333. The minimum atomic E-state index is -0.173. The van der Waals surface area contributed by atoms with Crippen molar-refractivity contribution in [3.8, 4) is 21.8 Å². The highest BCUT2D eigenvalue weighted by atomic mass is 79.9. The average molecular weight is 550 g/mol. The molecule has 0 aliphatic heterocycles. The quantitative estimate of drug-likeness (QED) is 0.239. The SMILES string of the molecule is Cc1ccc2nc(-c3ccc(NC(=O)c4cc(-c5cccc(Br)c5)nc5ccccc45)cc3)sc2c1. The van der Waals surface area contributed by atoms with Crippen LogP contribution in [-0.2, 0) is 0 Å². The zero-order chi connectivity index (χ0) is 24.6.